The molecule has 0 spiro atoms. The maximum absolute atomic E-state index is 12.8. The van der Waals surface area contributed by atoms with Crippen LogP contribution in [0.3, 0.4) is 0 Å². The normalized spacial score (nSPS) is 19.8. The Morgan fingerprint density at radius 3 is 2.55 bits per heavy atom. The van der Waals surface area contributed by atoms with Gasteiger partial charge in [-0.05, 0) is 12.1 Å². The number of nitrogens with two attached hydrogens (primary N) is 1. The summed E-state index contributed by atoms with van der Waals surface area (Å²) in [6.07, 6.45) is -4.75. The van der Waals surface area contributed by atoms with Gasteiger partial charge < -0.3 is 4.90 Å². The van der Waals surface area contributed by atoms with Crippen LogP contribution >= 0.6 is 11.6 Å². The van der Waals surface area contributed by atoms with Crippen LogP contribution in [0.1, 0.15) is 12.0 Å². The molecule has 1 atom stereocenters. The number of nitrogens with zero attached hydrogens (tertiary/aromatic N) is 1. The van der Waals surface area contributed by atoms with Gasteiger partial charge >= 0.3 is 6.18 Å². The summed E-state index contributed by atoms with van der Waals surface area (Å²) in [5.41, 5.74) is -1.13. The van der Waals surface area contributed by atoms with Gasteiger partial charge in [0.15, 0.2) is 0 Å². The number of hydrogen-bond acceptors (Lipinski definition) is 3. The summed E-state index contributed by atoms with van der Waals surface area (Å²) in [5, 5.41) is 4.34. The topological polar surface area (TPSA) is 80.5 Å². The minimum atomic E-state index is -4.64. The Bertz CT molecular complexity index is 706. The Labute approximate surface area is 129 Å². The van der Waals surface area contributed by atoms with E-state index in [2.05, 4.69) is 0 Å². The Balaban J connectivity index is 2.32. The summed E-state index contributed by atoms with van der Waals surface area (Å²) >= 11 is 5.76. The average molecular weight is 357 g/mol. The summed E-state index contributed by atoms with van der Waals surface area (Å²) in [6, 6.07) is 3.24. The van der Waals surface area contributed by atoms with Crippen LogP contribution in [0.5, 0.6) is 0 Å². The van der Waals surface area contributed by atoms with Crippen LogP contribution in [0.15, 0.2) is 18.2 Å². The summed E-state index contributed by atoms with van der Waals surface area (Å²) in [4.78, 5) is 13.0. The first kappa shape index (κ1) is 17.0. The zero-order chi connectivity index (χ0) is 16.7. The first-order valence-corrected chi connectivity index (χ1v) is 8.25. The molecule has 0 radical (unpaired) electrons. The third kappa shape index (κ3) is 3.71. The molecule has 2 N–H and O–H groups in total. The van der Waals surface area contributed by atoms with Crippen molar-refractivity contribution in [2.24, 2.45) is 11.1 Å². The third-order valence-electron chi connectivity index (χ3n) is 3.25. The minimum absolute atomic E-state index is 0.0453. The van der Waals surface area contributed by atoms with Crippen molar-refractivity contribution in [3.05, 3.63) is 28.8 Å². The molecule has 0 aromatic heterocycles. The predicted molar refractivity (Wildman–Crippen MR) is 74.9 cm³/mol. The molecule has 1 amide bonds. The highest BCUT2D eigenvalue weighted by Crippen LogP contribution is 2.40. The number of anilines is 1. The van der Waals surface area contributed by atoms with Gasteiger partial charge in [-0.2, -0.15) is 13.2 Å². The Hall–Kier alpha value is -1.32. The van der Waals surface area contributed by atoms with Crippen LogP contribution in [0.25, 0.3) is 0 Å². The molecule has 1 saturated heterocycles. The van der Waals surface area contributed by atoms with Crippen molar-refractivity contribution in [2.45, 2.75) is 12.6 Å². The van der Waals surface area contributed by atoms with Crippen LogP contribution in [0.4, 0.5) is 18.9 Å². The van der Waals surface area contributed by atoms with Crippen LogP contribution in [0.2, 0.25) is 5.02 Å². The van der Waals surface area contributed by atoms with Crippen molar-refractivity contribution in [3.8, 4) is 0 Å². The van der Waals surface area contributed by atoms with Crippen molar-refractivity contribution < 1.29 is 26.4 Å². The lowest BCUT2D eigenvalue weighted by Gasteiger charge is -2.20. The predicted octanol–water partition coefficient (Wildman–Crippen LogP) is 2.00. The molecule has 2 rings (SSSR count). The standard InChI is InChI=1S/C12H12ClF3N2O3S/c13-11-8(12(14,15)16)2-1-3-9(11)18-5-7(4-10(18)19)6-22(17,20)21/h1-3,7H,4-6H2,(H2,17,20,21). The van der Waals surface area contributed by atoms with Gasteiger partial charge in [0.25, 0.3) is 0 Å². The lowest BCUT2D eigenvalue weighted by atomic mass is 10.1. The molecule has 0 saturated carbocycles. The summed E-state index contributed by atoms with van der Waals surface area (Å²) in [7, 11) is -3.77. The van der Waals surface area contributed by atoms with Gasteiger partial charge in [0.2, 0.25) is 15.9 Å². The van der Waals surface area contributed by atoms with E-state index in [1.807, 2.05) is 0 Å². The highest BCUT2D eigenvalue weighted by molar-refractivity contribution is 7.89. The van der Waals surface area contributed by atoms with Gasteiger partial charge in [-0.15, -0.1) is 0 Å². The first-order chi connectivity index (χ1) is 9.99. The molecule has 1 fully saturated rings. The number of carbonyl (C=O) groups excluding carboxylic acids is 1. The van der Waals surface area contributed by atoms with Crippen LogP contribution < -0.4 is 10.0 Å². The fraction of sp³-hybridized carbons (Fsp3) is 0.417. The Kier molecular flexibility index (Phi) is 4.42. The number of benzene rings is 1. The van der Waals surface area contributed by atoms with Gasteiger partial charge in [0.05, 0.1) is 22.0 Å². The molecule has 0 aliphatic carbocycles. The fourth-order valence-corrected chi connectivity index (χ4v) is 3.62. The second-order valence-electron chi connectivity index (χ2n) is 5.04. The van der Waals surface area contributed by atoms with Crippen molar-refractivity contribution >= 4 is 33.2 Å². The molecular weight excluding hydrogens is 345 g/mol. The molecule has 1 aromatic rings. The van der Waals surface area contributed by atoms with E-state index >= 15 is 0 Å². The number of hydrogen-bond donors (Lipinski definition) is 1. The maximum Gasteiger partial charge on any atom is 0.417 e. The van der Waals surface area contributed by atoms with Crippen LogP contribution in [-0.2, 0) is 21.0 Å². The lowest BCUT2D eigenvalue weighted by Crippen LogP contribution is -2.28. The van der Waals surface area contributed by atoms with Crippen molar-refractivity contribution in [1.82, 2.24) is 0 Å². The van der Waals surface area contributed by atoms with E-state index in [1.165, 1.54) is 6.07 Å². The second-order valence-corrected chi connectivity index (χ2v) is 7.08. The van der Waals surface area contributed by atoms with E-state index in [1.54, 1.807) is 0 Å². The quantitative estimate of drug-likeness (QED) is 0.899. The first-order valence-electron chi connectivity index (χ1n) is 6.15. The molecule has 1 aliphatic heterocycles. The molecule has 22 heavy (non-hydrogen) atoms. The number of sulfonamides is 1. The van der Waals surface area contributed by atoms with Gasteiger partial charge in [-0.25, -0.2) is 13.6 Å². The highest BCUT2D eigenvalue weighted by Gasteiger charge is 2.38. The van der Waals surface area contributed by atoms with E-state index in [0.29, 0.717) is 0 Å². The largest absolute Gasteiger partial charge is 0.417 e. The van der Waals surface area contributed by atoms with Gasteiger partial charge in [0.1, 0.15) is 0 Å². The molecule has 5 nitrogen and oxygen atoms in total. The molecule has 10 heteroatoms. The fourth-order valence-electron chi connectivity index (χ4n) is 2.40. The van der Waals surface area contributed by atoms with Crippen molar-refractivity contribution in [1.29, 1.82) is 0 Å². The zero-order valence-electron chi connectivity index (χ0n) is 11.1. The molecule has 1 unspecified atom stereocenters. The summed E-state index contributed by atoms with van der Waals surface area (Å²) in [6.45, 7) is -0.0453. The number of halogens is 4. The van der Waals surface area contributed by atoms with E-state index < -0.39 is 44.4 Å². The van der Waals surface area contributed by atoms with E-state index in [-0.39, 0.29) is 18.7 Å². The summed E-state index contributed by atoms with van der Waals surface area (Å²) < 4.78 is 60.6. The smallest absolute Gasteiger partial charge is 0.311 e. The number of alkyl halides is 3. The van der Waals surface area contributed by atoms with Crippen LogP contribution in [-0.4, -0.2) is 26.6 Å². The van der Waals surface area contributed by atoms with E-state index in [4.69, 9.17) is 16.7 Å². The molecule has 122 valence electrons. The second kappa shape index (κ2) is 5.71. The van der Waals surface area contributed by atoms with E-state index in [9.17, 15) is 26.4 Å². The monoisotopic (exact) mass is 356 g/mol. The summed E-state index contributed by atoms with van der Waals surface area (Å²) in [5.74, 6) is -1.48. The molecule has 1 aromatic carbocycles. The number of primary sulfonamides is 1. The lowest BCUT2D eigenvalue weighted by molar-refractivity contribution is -0.137. The highest BCUT2D eigenvalue weighted by atomic mass is 35.5. The third-order valence-corrected chi connectivity index (χ3v) is 4.58. The maximum atomic E-state index is 12.8. The average Bonchev–Trinajstić information content (AvgIpc) is 2.66. The number of amides is 1. The van der Waals surface area contributed by atoms with Gasteiger partial charge in [0, 0.05) is 18.9 Å². The number of rotatable bonds is 3. The minimum Gasteiger partial charge on any atom is -0.311 e. The Morgan fingerprint density at radius 1 is 1.36 bits per heavy atom. The van der Waals surface area contributed by atoms with E-state index in [0.717, 1.165) is 17.0 Å². The molecule has 0 bridgehead atoms. The van der Waals surface area contributed by atoms with Crippen LogP contribution in [0, 0.1) is 5.92 Å². The zero-order valence-corrected chi connectivity index (χ0v) is 12.7. The molecule has 1 aliphatic rings. The van der Waals surface area contributed by atoms with Gasteiger partial charge in [-0.3, -0.25) is 4.79 Å². The molecular formula is C12H12ClF3N2O3S. The molecule has 1 heterocycles. The van der Waals surface area contributed by atoms with Gasteiger partial charge in [-0.1, -0.05) is 17.7 Å². The van der Waals surface area contributed by atoms with Crippen molar-refractivity contribution in [2.75, 3.05) is 17.2 Å². The number of carbonyl (C=O) groups is 1. The van der Waals surface area contributed by atoms with Crippen molar-refractivity contribution in [3.63, 3.8) is 0 Å². The Morgan fingerprint density at radius 2 is 2.00 bits per heavy atom. The SMILES string of the molecule is NS(=O)(=O)CC1CC(=O)N(c2cccc(C(F)(F)F)c2Cl)C1.